The molecule has 33 heavy (non-hydrogen) atoms. The second kappa shape index (κ2) is 7.66. The summed E-state index contributed by atoms with van der Waals surface area (Å²) in [4.78, 5) is 23.1. The Morgan fingerprint density at radius 1 is 1.15 bits per heavy atom. The van der Waals surface area contributed by atoms with Crippen molar-refractivity contribution in [1.82, 2.24) is 20.2 Å². The molecule has 1 amide bonds. The smallest absolute Gasteiger partial charge is 0.270 e. The molecule has 2 aliphatic heterocycles. The number of rotatable bonds is 2. The normalized spacial score (nSPS) is 21.5. The number of aromatic amines is 1. The Bertz CT molecular complexity index is 1360. The van der Waals surface area contributed by atoms with Crippen LogP contribution < -0.4 is 10.1 Å². The minimum absolute atomic E-state index is 0.0295. The van der Waals surface area contributed by atoms with Crippen LogP contribution in [0, 0.1) is 12.8 Å². The molecule has 0 spiro atoms. The number of H-pyrrole nitrogens is 1. The van der Waals surface area contributed by atoms with E-state index in [9.17, 15) is 4.79 Å². The van der Waals surface area contributed by atoms with Crippen molar-refractivity contribution in [2.24, 2.45) is 5.92 Å². The Hall–Kier alpha value is -3.80. The van der Waals surface area contributed by atoms with Crippen molar-refractivity contribution in [2.75, 3.05) is 13.2 Å². The minimum atomic E-state index is 0.0295. The van der Waals surface area contributed by atoms with Crippen LogP contribution in [-0.2, 0) is 11.3 Å². The van der Waals surface area contributed by atoms with E-state index >= 15 is 0 Å². The molecular formula is C27H26N4O2. The van der Waals surface area contributed by atoms with Gasteiger partial charge in [0, 0.05) is 18.0 Å². The van der Waals surface area contributed by atoms with Gasteiger partial charge in [-0.25, -0.2) is 4.98 Å². The molecule has 6 nitrogen and oxygen atoms in total. The number of aryl methyl sites for hydroxylation is 1. The maximum atomic E-state index is 13.4. The molecule has 0 fully saturated rings. The van der Waals surface area contributed by atoms with Crippen molar-refractivity contribution in [2.45, 2.75) is 26.4 Å². The lowest BCUT2D eigenvalue weighted by Crippen LogP contribution is -2.39. The highest BCUT2D eigenvalue weighted by Gasteiger charge is 2.33. The zero-order valence-corrected chi connectivity index (χ0v) is 18.8. The molecule has 1 aromatic heterocycles. The summed E-state index contributed by atoms with van der Waals surface area (Å²) >= 11 is 0. The quantitative estimate of drug-likeness (QED) is 0.628. The number of benzene rings is 2. The van der Waals surface area contributed by atoms with E-state index in [-0.39, 0.29) is 17.9 Å². The number of nitrogens with zero attached hydrogens (tertiary/aromatic N) is 2. The number of hydrogen-bond donors (Lipinski definition) is 2. The highest BCUT2D eigenvalue weighted by Crippen LogP contribution is 2.32. The van der Waals surface area contributed by atoms with Gasteiger partial charge in [-0.15, -0.1) is 0 Å². The Morgan fingerprint density at radius 3 is 2.88 bits per heavy atom. The zero-order valence-electron chi connectivity index (χ0n) is 18.8. The summed E-state index contributed by atoms with van der Waals surface area (Å²) in [5.41, 5.74) is 7.14. The number of hydrogen-bond acceptors (Lipinski definition) is 4. The third kappa shape index (κ3) is 3.52. The number of fused-ring (bicyclic) bond motifs is 3. The van der Waals surface area contributed by atoms with E-state index < -0.39 is 0 Å². The molecule has 0 bridgehead atoms. The summed E-state index contributed by atoms with van der Waals surface area (Å²) in [6.45, 7) is 5.63. The number of carbonyl (C=O) groups is 1. The fourth-order valence-electron chi connectivity index (χ4n) is 4.99. The topological polar surface area (TPSA) is 70.2 Å². The molecule has 3 heterocycles. The van der Waals surface area contributed by atoms with Crippen molar-refractivity contribution in [3.63, 3.8) is 0 Å². The summed E-state index contributed by atoms with van der Waals surface area (Å²) in [7, 11) is 0. The summed E-state index contributed by atoms with van der Waals surface area (Å²) in [6, 6.07) is 12.7. The van der Waals surface area contributed by atoms with Gasteiger partial charge in [-0.1, -0.05) is 35.9 Å². The molecule has 166 valence electrons. The molecule has 0 saturated carbocycles. The first-order chi connectivity index (χ1) is 16.0. The fraction of sp³-hybridized carbons (Fsp3) is 0.259. The highest BCUT2D eigenvalue weighted by atomic mass is 16.5. The number of nitrogens with one attached hydrogen (secondary N) is 2. The van der Waals surface area contributed by atoms with E-state index in [0.717, 1.165) is 39.3 Å². The Kier molecular flexibility index (Phi) is 4.61. The fourth-order valence-corrected chi connectivity index (χ4v) is 4.99. The third-order valence-electron chi connectivity index (χ3n) is 6.73. The molecule has 2 aromatic carbocycles. The van der Waals surface area contributed by atoms with Crippen LogP contribution in [0.5, 0.6) is 5.75 Å². The van der Waals surface area contributed by atoms with E-state index in [1.165, 1.54) is 5.57 Å². The summed E-state index contributed by atoms with van der Waals surface area (Å²) in [5.74, 6) is 2.01. The lowest BCUT2D eigenvalue weighted by Gasteiger charge is -2.24. The molecule has 2 unspecified atom stereocenters. The second-order valence-electron chi connectivity index (χ2n) is 9.03. The third-order valence-corrected chi connectivity index (χ3v) is 6.73. The van der Waals surface area contributed by atoms with Crippen LogP contribution in [0.1, 0.15) is 18.3 Å². The van der Waals surface area contributed by atoms with Crippen LogP contribution in [0.3, 0.4) is 0 Å². The van der Waals surface area contributed by atoms with Gasteiger partial charge in [0.15, 0.2) is 0 Å². The van der Waals surface area contributed by atoms with Crippen LogP contribution in [0.25, 0.3) is 22.2 Å². The van der Waals surface area contributed by atoms with Gasteiger partial charge in [-0.2, -0.15) is 0 Å². The van der Waals surface area contributed by atoms with Crippen LogP contribution in [0.4, 0.5) is 0 Å². The largest absolute Gasteiger partial charge is 0.491 e. The number of carbonyl (C=O) groups excluding carboxylic acids is 1. The van der Waals surface area contributed by atoms with Gasteiger partial charge in [-0.3, -0.25) is 4.79 Å². The van der Waals surface area contributed by atoms with Gasteiger partial charge >= 0.3 is 0 Å². The highest BCUT2D eigenvalue weighted by molar-refractivity contribution is 5.94. The molecule has 2 N–H and O–H groups in total. The van der Waals surface area contributed by atoms with Crippen LogP contribution in [-0.4, -0.2) is 40.0 Å². The molecule has 0 saturated heterocycles. The lowest BCUT2D eigenvalue weighted by atomic mass is 9.92. The molecule has 3 aromatic rings. The first kappa shape index (κ1) is 19.9. The van der Waals surface area contributed by atoms with Crippen molar-refractivity contribution >= 4 is 16.9 Å². The summed E-state index contributed by atoms with van der Waals surface area (Å²) in [5, 5.41) is 3.44. The average Bonchev–Trinajstić information content (AvgIpc) is 3.35. The molecular weight excluding hydrogens is 412 g/mol. The van der Waals surface area contributed by atoms with Crippen LogP contribution >= 0.6 is 0 Å². The number of aromatic nitrogens is 2. The number of amides is 1. The molecule has 1 aliphatic carbocycles. The van der Waals surface area contributed by atoms with Gasteiger partial charge in [0.1, 0.15) is 18.2 Å². The van der Waals surface area contributed by atoms with E-state index in [0.29, 0.717) is 25.4 Å². The SMILES string of the molecule is CC1=CC=CC2C=C(C(=O)N3CCOc4ccc(-c5ccc6nc(C)[nH]c6c5)cc4C3)NC12. The van der Waals surface area contributed by atoms with Crippen molar-refractivity contribution in [3.8, 4) is 16.9 Å². The molecule has 6 heteroatoms. The Labute approximate surface area is 192 Å². The second-order valence-corrected chi connectivity index (χ2v) is 9.03. The lowest BCUT2D eigenvalue weighted by molar-refractivity contribution is -0.128. The van der Waals surface area contributed by atoms with E-state index in [4.69, 9.17) is 4.74 Å². The van der Waals surface area contributed by atoms with E-state index in [2.05, 4.69) is 70.8 Å². The predicted molar refractivity (Wildman–Crippen MR) is 129 cm³/mol. The summed E-state index contributed by atoms with van der Waals surface area (Å²) < 4.78 is 6.00. The Balaban J connectivity index is 1.27. The van der Waals surface area contributed by atoms with Gasteiger partial charge in [0.2, 0.25) is 0 Å². The number of imidazole rings is 1. The summed E-state index contributed by atoms with van der Waals surface area (Å²) in [6.07, 6.45) is 8.39. The van der Waals surface area contributed by atoms with E-state index in [1.807, 2.05) is 24.0 Å². The minimum Gasteiger partial charge on any atom is -0.491 e. The predicted octanol–water partition coefficient (Wildman–Crippen LogP) is 4.25. The molecule has 2 atom stereocenters. The molecule has 3 aliphatic rings. The van der Waals surface area contributed by atoms with Gasteiger partial charge in [0.05, 0.1) is 29.3 Å². The number of ether oxygens (including phenoxy) is 1. The standard InChI is InChI=1S/C27H26N4O2/c1-16-4-3-5-20-14-24(30-26(16)20)27(32)31-10-11-33-25-9-7-18(12-21(25)15-31)19-6-8-22-23(13-19)29-17(2)28-22/h3-9,12-14,20,26,30H,10-11,15H2,1-2H3,(H,28,29). The monoisotopic (exact) mass is 438 g/mol. The zero-order chi connectivity index (χ0) is 22.5. The Morgan fingerprint density at radius 2 is 2.00 bits per heavy atom. The maximum Gasteiger partial charge on any atom is 0.270 e. The van der Waals surface area contributed by atoms with Crippen molar-refractivity contribution < 1.29 is 9.53 Å². The van der Waals surface area contributed by atoms with Gasteiger partial charge in [0.25, 0.3) is 5.91 Å². The van der Waals surface area contributed by atoms with Gasteiger partial charge < -0.3 is 19.9 Å². The first-order valence-corrected chi connectivity index (χ1v) is 11.4. The van der Waals surface area contributed by atoms with Crippen LogP contribution in [0.15, 0.2) is 72.0 Å². The van der Waals surface area contributed by atoms with E-state index in [1.54, 1.807) is 0 Å². The van der Waals surface area contributed by atoms with Gasteiger partial charge in [-0.05, 0) is 55.3 Å². The van der Waals surface area contributed by atoms with Crippen molar-refractivity contribution in [1.29, 1.82) is 0 Å². The maximum absolute atomic E-state index is 13.4. The average molecular weight is 439 g/mol. The molecule has 0 radical (unpaired) electrons. The van der Waals surface area contributed by atoms with Crippen molar-refractivity contribution in [3.05, 3.63) is 83.4 Å². The molecule has 6 rings (SSSR count). The first-order valence-electron chi connectivity index (χ1n) is 11.4. The van der Waals surface area contributed by atoms with Crippen LogP contribution in [0.2, 0.25) is 0 Å². The number of allylic oxidation sites excluding steroid dienone is 2.